The number of nitrogens with two attached hydrogens (primary N) is 1. The Morgan fingerprint density at radius 1 is 1.30 bits per heavy atom. The number of allylic oxidation sites excluding steroid dienone is 1. The average Bonchev–Trinajstić information content (AvgIpc) is 3.54. The Hall–Kier alpha value is -3.78. The highest BCUT2D eigenvalue weighted by molar-refractivity contribution is 8.04. The Balaban J connectivity index is 1.33. The van der Waals surface area contributed by atoms with Crippen molar-refractivity contribution in [1.82, 2.24) is 15.2 Å². The van der Waals surface area contributed by atoms with Crippen molar-refractivity contribution >= 4 is 101 Å². The van der Waals surface area contributed by atoms with E-state index in [9.17, 15) is 39.6 Å². The van der Waals surface area contributed by atoms with Crippen LogP contribution < -0.4 is 16.5 Å². The molecule has 5 N–H and O–H groups in total. The number of aliphatic carboxylic acids is 1. The van der Waals surface area contributed by atoms with Crippen molar-refractivity contribution < 1.29 is 29.6 Å². The molecule has 2 amide bonds. The quantitative estimate of drug-likeness (QED) is 0.0698. The van der Waals surface area contributed by atoms with Gasteiger partial charge in [0, 0.05) is 17.2 Å². The Morgan fingerprint density at radius 2 is 2.08 bits per heavy atom. The number of carbonyl (C=O) groups is 3. The van der Waals surface area contributed by atoms with Crippen LogP contribution in [-0.4, -0.2) is 65.8 Å². The van der Waals surface area contributed by atoms with Gasteiger partial charge >= 0.3 is 5.97 Å². The monoisotopic (exact) mass is 638 g/mol. The summed E-state index contributed by atoms with van der Waals surface area (Å²) in [5, 5.41) is 39.5. The number of thiophene rings is 1. The fourth-order valence-electron chi connectivity index (χ4n) is 3.87. The van der Waals surface area contributed by atoms with Gasteiger partial charge in [-0.1, -0.05) is 16.9 Å². The Bertz CT molecular complexity index is 1740. The number of rotatable bonds is 8. The molecule has 3 aromatic heterocycles. The molecule has 206 valence electrons. The molecule has 2 atom stereocenters. The summed E-state index contributed by atoms with van der Waals surface area (Å²) in [5.41, 5.74) is 4.71. The summed E-state index contributed by atoms with van der Waals surface area (Å²) in [7, 11) is 0. The minimum atomic E-state index is -1.34. The summed E-state index contributed by atoms with van der Waals surface area (Å²) in [6, 6.07) is 0.293. The molecule has 19 heteroatoms. The maximum Gasteiger partial charge on any atom is 0.352 e. The summed E-state index contributed by atoms with van der Waals surface area (Å²) in [5.74, 6) is -2.70. The van der Waals surface area contributed by atoms with Gasteiger partial charge < -0.3 is 21.4 Å². The highest BCUT2D eigenvalue weighted by atomic mass is 32.2. The minimum absolute atomic E-state index is 0.0243. The summed E-state index contributed by atoms with van der Waals surface area (Å²) >= 11 is 5.42. The van der Waals surface area contributed by atoms with E-state index in [0.717, 1.165) is 50.7 Å². The van der Waals surface area contributed by atoms with Crippen molar-refractivity contribution in [2.24, 2.45) is 5.16 Å². The first-order valence-electron chi connectivity index (χ1n) is 10.8. The number of thioether (sulfide) groups is 2. The van der Waals surface area contributed by atoms with Crippen molar-refractivity contribution in [3.05, 3.63) is 65.6 Å². The van der Waals surface area contributed by atoms with Crippen LogP contribution in [0.3, 0.4) is 0 Å². The number of β-lactam (4-membered cyclic amide) rings is 1. The number of amides is 2. The van der Waals surface area contributed by atoms with Gasteiger partial charge in [0.2, 0.25) is 0 Å². The van der Waals surface area contributed by atoms with Crippen LogP contribution in [0.4, 0.5) is 10.8 Å². The van der Waals surface area contributed by atoms with Gasteiger partial charge in [-0.3, -0.25) is 29.4 Å². The number of thiazole rings is 1. The lowest BCUT2D eigenvalue weighted by atomic mass is 10.0. The summed E-state index contributed by atoms with van der Waals surface area (Å²) in [6.07, 6.45) is 1.50. The van der Waals surface area contributed by atoms with E-state index in [0.29, 0.717) is 14.5 Å². The first-order valence-corrected chi connectivity index (χ1v) is 15.3. The van der Waals surface area contributed by atoms with Crippen molar-refractivity contribution in [3.8, 4) is 0 Å². The van der Waals surface area contributed by atoms with E-state index in [4.69, 9.17) is 5.73 Å². The third-order valence-corrected chi connectivity index (χ3v) is 10.8. The van der Waals surface area contributed by atoms with Crippen LogP contribution in [0.1, 0.15) is 5.69 Å². The van der Waals surface area contributed by atoms with E-state index in [2.05, 4.69) is 15.5 Å². The molecule has 0 bridgehead atoms. The molecule has 14 nitrogen and oxygen atoms in total. The maximum absolute atomic E-state index is 12.9. The molecule has 2 aliphatic heterocycles. The van der Waals surface area contributed by atoms with E-state index in [-0.39, 0.29) is 38.1 Å². The number of carbonyl (C=O) groups excluding carboxylic acids is 2. The predicted molar refractivity (Wildman–Crippen MR) is 152 cm³/mol. The number of carboxylic acid groups (broad SMARTS) is 1. The molecule has 2 aliphatic rings. The zero-order valence-corrected chi connectivity index (χ0v) is 23.6. The third kappa shape index (κ3) is 4.96. The molecule has 1 fully saturated rings. The van der Waals surface area contributed by atoms with Crippen molar-refractivity contribution in [3.63, 3.8) is 0 Å². The fourth-order valence-corrected chi connectivity index (χ4v) is 8.85. The molecule has 40 heavy (non-hydrogen) atoms. The Labute approximate surface area is 243 Å². The second-order valence-corrected chi connectivity index (χ2v) is 13.1. The second kappa shape index (κ2) is 11.0. The largest absolute Gasteiger partial charge is 0.477 e. The SMILES string of the molecule is Nc1nc(C(=NO)C(=O)NC2C(=O)N3C(C(=O)O)=C(C=CSc4cc(=O)c5scc([N+](=O)[O-])c5s4)CS[C@@H]23)cs1. The van der Waals surface area contributed by atoms with Crippen LogP contribution in [0.25, 0.3) is 9.40 Å². The standard InChI is InChI=1S/C21H14N6O8S5/c22-21-23-8(5-39-21)12(25-33)17(29)24-13-18(30)26-14(20(31)32)7(4-38-19(13)26)1-2-36-11-3-10(28)16-15(40-11)9(6-37-16)27(34)35/h1-3,5-6,13,19,33H,4H2,(H2,22,23)(H,24,29)(H,31,32)/t13?,19-/m0/s1. The number of carboxylic acids is 1. The number of nitrogens with one attached hydrogen (secondary N) is 1. The lowest BCUT2D eigenvalue weighted by Gasteiger charge is -2.49. The highest BCUT2D eigenvalue weighted by Gasteiger charge is 2.54. The predicted octanol–water partition coefficient (Wildman–Crippen LogP) is 2.49. The van der Waals surface area contributed by atoms with Crippen LogP contribution in [0.2, 0.25) is 0 Å². The molecule has 1 saturated heterocycles. The van der Waals surface area contributed by atoms with Crippen LogP contribution in [0, 0.1) is 10.1 Å². The van der Waals surface area contributed by atoms with Gasteiger partial charge in [0.15, 0.2) is 16.3 Å². The lowest BCUT2D eigenvalue weighted by Crippen LogP contribution is -2.71. The molecule has 0 spiro atoms. The van der Waals surface area contributed by atoms with Crippen LogP contribution in [0.5, 0.6) is 0 Å². The van der Waals surface area contributed by atoms with E-state index in [1.165, 1.54) is 34.7 Å². The van der Waals surface area contributed by atoms with Gasteiger partial charge in [-0.25, -0.2) is 9.78 Å². The van der Waals surface area contributed by atoms with Gasteiger partial charge in [0.1, 0.15) is 27.5 Å². The number of fused-ring (bicyclic) bond motifs is 2. The molecule has 0 radical (unpaired) electrons. The maximum atomic E-state index is 12.9. The molecular formula is C21H14N6O8S5. The summed E-state index contributed by atoms with van der Waals surface area (Å²) in [6.45, 7) is 0. The summed E-state index contributed by atoms with van der Waals surface area (Å²) in [4.78, 5) is 65.7. The average molecular weight is 639 g/mol. The number of nitro groups is 1. The number of hydrogen-bond acceptors (Lipinski definition) is 15. The van der Waals surface area contributed by atoms with Gasteiger partial charge in [-0.05, 0) is 17.1 Å². The van der Waals surface area contributed by atoms with Crippen LogP contribution >= 0.6 is 57.5 Å². The second-order valence-electron chi connectivity index (χ2n) is 7.95. The Morgan fingerprint density at radius 3 is 2.73 bits per heavy atom. The van der Waals surface area contributed by atoms with Gasteiger partial charge in [-0.2, -0.15) is 0 Å². The number of nitrogens with zero attached hydrogens (tertiary/aromatic N) is 4. The van der Waals surface area contributed by atoms with Gasteiger partial charge in [-0.15, -0.1) is 45.8 Å². The molecule has 0 aromatic carbocycles. The number of hydrogen-bond donors (Lipinski definition) is 4. The van der Waals surface area contributed by atoms with E-state index in [1.807, 2.05) is 0 Å². The number of aromatic nitrogens is 1. The van der Waals surface area contributed by atoms with Crippen LogP contribution in [0.15, 0.2) is 53.7 Å². The van der Waals surface area contributed by atoms with Crippen molar-refractivity contribution in [2.75, 3.05) is 11.5 Å². The van der Waals surface area contributed by atoms with Crippen molar-refractivity contribution in [1.29, 1.82) is 0 Å². The number of nitrogen functional groups attached to an aromatic ring is 1. The number of oxime groups is 1. The first kappa shape index (κ1) is 27.8. The lowest BCUT2D eigenvalue weighted by molar-refractivity contribution is -0.382. The first-order chi connectivity index (χ1) is 19.1. The highest BCUT2D eigenvalue weighted by Crippen LogP contribution is 2.42. The minimum Gasteiger partial charge on any atom is -0.477 e. The Kier molecular flexibility index (Phi) is 7.64. The third-order valence-electron chi connectivity index (χ3n) is 5.62. The zero-order valence-electron chi connectivity index (χ0n) is 19.5. The van der Waals surface area contributed by atoms with E-state index >= 15 is 0 Å². The molecule has 5 rings (SSSR count). The molecule has 5 heterocycles. The zero-order chi connectivity index (χ0) is 28.7. The molecular weight excluding hydrogens is 625 g/mol. The fraction of sp³-hybridized carbons (Fsp3) is 0.143. The molecule has 0 saturated carbocycles. The molecule has 3 aromatic rings. The van der Waals surface area contributed by atoms with Crippen LogP contribution in [-0.2, 0) is 14.4 Å². The topological polar surface area (TPSA) is 218 Å². The number of anilines is 1. The van der Waals surface area contributed by atoms with Gasteiger partial charge in [0.25, 0.3) is 17.5 Å². The van der Waals surface area contributed by atoms with Gasteiger partial charge in [0.05, 0.1) is 19.2 Å². The van der Waals surface area contributed by atoms with E-state index < -0.39 is 39.8 Å². The molecule has 1 unspecified atom stereocenters. The smallest absolute Gasteiger partial charge is 0.352 e. The van der Waals surface area contributed by atoms with Crippen molar-refractivity contribution in [2.45, 2.75) is 15.6 Å². The normalized spacial score (nSPS) is 19.1. The van der Waals surface area contributed by atoms with E-state index in [1.54, 1.807) is 5.41 Å². The summed E-state index contributed by atoms with van der Waals surface area (Å²) < 4.78 is 1.04. The molecule has 0 aliphatic carbocycles.